The number of carbonyl (C=O) groups excluding carboxylic acids is 1. The van der Waals surface area contributed by atoms with Crippen molar-refractivity contribution in [3.8, 4) is 0 Å². The first-order chi connectivity index (χ1) is 14.4. The molecule has 2 aromatic rings. The zero-order valence-electron chi connectivity index (χ0n) is 17.9. The molecule has 0 atom stereocenters. The van der Waals surface area contributed by atoms with Gasteiger partial charge in [-0.3, -0.25) is 9.78 Å². The molecule has 0 saturated carbocycles. The summed E-state index contributed by atoms with van der Waals surface area (Å²) in [5, 5.41) is 3.74. The molecular formula is C23H27ClF3N3O. The Morgan fingerprint density at radius 1 is 1.16 bits per heavy atom. The number of hydrogen-bond donors (Lipinski definition) is 1. The summed E-state index contributed by atoms with van der Waals surface area (Å²) < 4.78 is 38.8. The first-order valence-electron chi connectivity index (χ1n) is 10.2. The number of aromatic nitrogens is 1. The van der Waals surface area contributed by atoms with E-state index in [1.54, 1.807) is 18.2 Å². The van der Waals surface area contributed by atoms with Gasteiger partial charge < -0.3 is 10.2 Å². The summed E-state index contributed by atoms with van der Waals surface area (Å²) in [4.78, 5) is 18.1. The van der Waals surface area contributed by atoms with Crippen LogP contribution in [0.1, 0.15) is 51.3 Å². The molecule has 0 bridgehead atoms. The van der Waals surface area contributed by atoms with Gasteiger partial charge in [0.1, 0.15) is 5.69 Å². The molecule has 0 unspecified atom stereocenters. The van der Waals surface area contributed by atoms with Gasteiger partial charge in [0.2, 0.25) is 5.91 Å². The number of piperidine rings is 1. The van der Waals surface area contributed by atoms with E-state index in [9.17, 15) is 18.0 Å². The van der Waals surface area contributed by atoms with Crippen molar-refractivity contribution in [1.82, 2.24) is 10.3 Å². The zero-order chi connectivity index (χ0) is 22.9. The Morgan fingerprint density at radius 3 is 2.35 bits per heavy atom. The van der Waals surface area contributed by atoms with Crippen LogP contribution in [0.3, 0.4) is 0 Å². The normalized spacial score (nSPS) is 16.8. The number of rotatable bonds is 5. The first kappa shape index (κ1) is 23.4. The maximum atomic E-state index is 12.9. The highest BCUT2D eigenvalue weighted by molar-refractivity contribution is 6.30. The first-order valence-corrected chi connectivity index (χ1v) is 10.6. The third-order valence-corrected chi connectivity index (χ3v) is 6.23. The molecule has 1 amide bonds. The highest BCUT2D eigenvalue weighted by Gasteiger charge is 2.36. The van der Waals surface area contributed by atoms with Crippen LogP contribution < -0.4 is 10.2 Å². The SMILES string of the molecule is CC1(CC(=O)NC(C)(C)c2ccc(Cl)cc2)CCN(c2ccnc(C(F)(F)F)c2)CC1. The summed E-state index contributed by atoms with van der Waals surface area (Å²) in [5.41, 5.74) is -0.163. The lowest BCUT2D eigenvalue weighted by Crippen LogP contribution is -2.45. The summed E-state index contributed by atoms with van der Waals surface area (Å²) in [6, 6.07) is 10.1. The molecular weight excluding hydrogens is 427 g/mol. The second kappa shape index (κ2) is 8.69. The molecule has 1 aliphatic rings. The largest absolute Gasteiger partial charge is 0.433 e. The molecule has 168 valence electrons. The molecule has 1 saturated heterocycles. The van der Waals surface area contributed by atoms with Crippen molar-refractivity contribution >= 4 is 23.2 Å². The zero-order valence-corrected chi connectivity index (χ0v) is 18.6. The predicted molar refractivity (Wildman–Crippen MR) is 116 cm³/mol. The Labute approximate surface area is 185 Å². The molecule has 31 heavy (non-hydrogen) atoms. The third kappa shape index (κ3) is 5.91. The van der Waals surface area contributed by atoms with Gasteiger partial charge in [-0.2, -0.15) is 13.2 Å². The van der Waals surface area contributed by atoms with Crippen molar-refractivity contribution in [2.75, 3.05) is 18.0 Å². The number of alkyl halides is 3. The van der Waals surface area contributed by atoms with E-state index < -0.39 is 17.4 Å². The van der Waals surface area contributed by atoms with Crippen LogP contribution in [-0.2, 0) is 16.5 Å². The fraction of sp³-hybridized carbons (Fsp3) is 0.478. The monoisotopic (exact) mass is 453 g/mol. The van der Waals surface area contributed by atoms with E-state index in [0.29, 0.717) is 43.1 Å². The Bertz CT molecular complexity index is 920. The Kier molecular flexibility index (Phi) is 6.56. The van der Waals surface area contributed by atoms with Crippen molar-refractivity contribution < 1.29 is 18.0 Å². The molecule has 1 aliphatic heterocycles. The van der Waals surface area contributed by atoms with Gasteiger partial charge in [-0.15, -0.1) is 0 Å². The molecule has 8 heteroatoms. The number of nitrogens with one attached hydrogen (secondary N) is 1. The Morgan fingerprint density at radius 2 is 1.77 bits per heavy atom. The topological polar surface area (TPSA) is 45.2 Å². The maximum absolute atomic E-state index is 12.9. The average Bonchev–Trinajstić information content (AvgIpc) is 2.67. The van der Waals surface area contributed by atoms with E-state index in [2.05, 4.69) is 17.2 Å². The van der Waals surface area contributed by atoms with Crippen LogP contribution in [0.5, 0.6) is 0 Å². The summed E-state index contributed by atoms with van der Waals surface area (Å²) in [7, 11) is 0. The van der Waals surface area contributed by atoms with E-state index in [1.165, 1.54) is 6.20 Å². The lowest BCUT2D eigenvalue weighted by atomic mass is 9.77. The number of pyridine rings is 1. The van der Waals surface area contributed by atoms with Crippen molar-refractivity contribution in [2.24, 2.45) is 5.41 Å². The van der Waals surface area contributed by atoms with Gasteiger partial charge >= 0.3 is 6.18 Å². The minimum absolute atomic E-state index is 0.0424. The molecule has 2 heterocycles. The highest BCUT2D eigenvalue weighted by atomic mass is 35.5. The average molecular weight is 454 g/mol. The lowest BCUT2D eigenvalue weighted by molar-refractivity contribution is -0.141. The second-order valence-electron chi connectivity index (χ2n) is 9.05. The van der Waals surface area contributed by atoms with Crippen molar-refractivity contribution in [2.45, 2.75) is 51.7 Å². The van der Waals surface area contributed by atoms with Gasteiger partial charge in [0.15, 0.2) is 0 Å². The predicted octanol–water partition coefficient (Wildman–Crippen LogP) is 5.80. The van der Waals surface area contributed by atoms with E-state index >= 15 is 0 Å². The Hall–Kier alpha value is -2.28. The number of halogens is 4. The fourth-order valence-electron chi connectivity index (χ4n) is 3.97. The van der Waals surface area contributed by atoms with Crippen LogP contribution >= 0.6 is 11.6 Å². The quantitative estimate of drug-likeness (QED) is 0.622. The number of anilines is 1. The number of amides is 1. The number of carbonyl (C=O) groups is 1. The molecule has 0 radical (unpaired) electrons. The minimum Gasteiger partial charge on any atom is -0.371 e. The third-order valence-electron chi connectivity index (χ3n) is 5.97. The van der Waals surface area contributed by atoms with Crippen molar-refractivity contribution in [1.29, 1.82) is 0 Å². The van der Waals surface area contributed by atoms with Crippen LogP contribution in [0.2, 0.25) is 5.02 Å². The molecule has 1 aromatic carbocycles. The van der Waals surface area contributed by atoms with Gasteiger partial charge in [0.05, 0.1) is 5.54 Å². The van der Waals surface area contributed by atoms with Crippen molar-refractivity contribution in [3.63, 3.8) is 0 Å². The van der Waals surface area contributed by atoms with Crippen LogP contribution in [0.4, 0.5) is 18.9 Å². The lowest BCUT2D eigenvalue weighted by Gasteiger charge is -2.41. The van der Waals surface area contributed by atoms with E-state index in [-0.39, 0.29) is 11.3 Å². The summed E-state index contributed by atoms with van der Waals surface area (Å²) in [5.74, 6) is -0.0424. The smallest absolute Gasteiger partial charge is 0.371 e. The molecule has 1 fully saturated rings. The van der Waals surface area contributed by atoms with Gasteiger partial charge in [-0.1, -0.05) is 30.7 Å². The minimum atomic E-state index is -4.46. The molecule has 0 spiro atoms. The van der Waals surface area contributed by atoms with Gasteiger partial charge in [0.25, 0.3) is 0 Å². The number of benzene rings is 1. The summed E-state index contributed by atoms with van der Waals surface area (Å²) in [6.45, 7) is 7.13. The van der Waals surface area contributed by atoms with Gasteiger partial charge in [0, 0.05) is 36.4 Å². The van der Waals surface area contributed by atoms with E-state index in [1.807, 2.05) is 30.9 Å². The second-order valence-corrected chi connectivity index (χ2v) is 9.49. The summed E-state index contributed by atoms with van der Waals surface area (Å²) in [6.07, 6.45) is -1.48. The summed E-state index contributed by atoms with van der Waals surface area (Å²) >= 11 is 5.95. The molecule has 1 aromatic heterocycles. The maximum Gasteiger partial charge on any atom is 0.433 e. The molecule has 4 nitrogen and oxygen atoms in total. The molecule has 0 aliphatic carbocycles. The van der Waals surface area contributed by atoms with Gasteiger partial charge in [-0.25, -0.2) is 0 Å². The van der Waals surface area contributed by atoms with E-state index in [0.717, 1.165) is 11.6 Å². The van der Waals surface area contributed by atoms with Crippen LogP contribution in [-0.4, -0.2) is 24.0 Å². The van der Waals surface area contributed by atoms with Crippen molar-refractivity contribution in [3.05, 3.63) is 58.9 Å². The molecule has 3 rings (SSSR count). The number of hydrogen-bond acceptors (Lipinski definition) is 3. The van der Waals surface area contributed by atoms with Crippen LogP contribution in [0.15, 0.2) is 42.6 Å². The highest BCUT2D eigenvalue weighted by Crippen LogP contribution is 2.37. The molecule has 1 N–H and O–H groups in total. The number of nitrogens with zero attached hydrogens (tertiary/aromatic N) is 2. The van der Waals surface area contributed by atoms with Crippen LogP contribution in [0.25, 0.3) is 0 Å². The Balaban J connectivity index is 1.59. The van der Waals surface area contributed by atoms with Gasteiger partial charge in [-0.05, 0) is 61.9 Å². The standard InChI is InChI=1S/C23H27ClF3N3O/c1-21(2,16-4-6-17(24)7-5-16)29-20(31)15-22(3)9-12-30(13-10-22)18-8-11-28-19(14-18)23(25,26)27/h4-8,11,14H,9-10,12-13,15H2,1-3H3,(H,29,31). The van der Waals surface area contributed by atoms with Crippen LogP contribution in [0, 0.1) is 5.41 Å². The fourth-order valence-corrected chi connectivity index (χ4v) is 4.10. The van der Waals surface area contributed by atoms with E-state index in [4.69, 9.17) is 11.6 Å².